The largest absolute Gasteiger partial charge is 0.497 e. The summed E-state index contributed by atoms with van der Waals surface area (Å²) in [6.45, 7) is 11.6. The monoisotopic (exact) mass is 460 g/mol. The standard InChI is InChI=1S/C24H32N2O3S2/c1-6-26(7-2)23-22(20-12-14-21(29-5)15-13-20)24(31(27,28)25-23)30-16-18-8-10-19(11-9-18)17(3)4/h8,12-15,19H,3,6-7,9-11,16H2,1-2,4-5H3. The smallest absolute Gasteiger partial charge is 0.291 e. The van der Waals surface area contributed by atoms with E-state index in [1.807, 2.05) is 43.0 Å². The number of sulfonamides is 1. The van der Waals surface area contributed by atoms with Gasteiger partial charge in [-0.25, -0.2) is 0 Å². The van der Waals surface area contributed by atoms with E-state index in [1.165, 1.54) is 22.9 Å². The van der Waals surface area contributed by atoms with Gasteiger partial charge in [0.25, 0.3) is 10.0 Å². The number of amidine groups is 1. The summed E-state index contributed by atoms with van der Waals surface area (Å²) in [6.07, 6.45) is 5.32. The van der Waals surface area contributed by atoms with E-state index in [-0.39, 0.29) is 0 Å². The van der Waals surface area contributed by atoms with Gasteiger partial charge in [0, 0.05) is 18.8 Å². The second kappa shape index (κ2) is 10.1. The highest BCUT2D eigenvalue weighted by Crippen LogP contribution is 2.41. The minimum Gasteiger partial charge on any atom is -0.497 e. The number of benzene rings is 1. The number of allylic oxidation sites excluding steroid dienone is 2. The van der Waals surface area contributed by atoms with Crippen LogP contribution in [0.5, 0.6) is 5.75 Å². The molecule has 7 heteroatoms. The van der Waals surface area contributed by atoms with E-state index in [9.17, 15) is 8.42 Å². The van der Waals surface area contributed by atoms with Crippen molar-refractivity contribution in [1.82, 2.24) is 4.90 Å². The molecule has 1 unspecified atom stereocenters. The maximum absolute atomic E-state index is 13.1. The highest BCUT2D eigenvalue weighted by Gasteiger charge is 2.35. The molecule has 1 heterocycles. The van der Waals surface area contributed by atoms with E-state index >= 15 is 0 Å². The van der Waals surface area contributed by atoms with Crippen molar-refractivity contribution in [2.45, 2.75) is 40.0 Å². The Bertz CT molecular complexity index is 1020. The highest BCUT2D eigenvalue weighted by atomic mass is 32.3. The van der Waals surface area contributed by atoms with Crippen LogP contribution in [0, 0.1) is 5.92 Å². The number of ether oxygens (including phenoxy) is 1. The van der Waals surface area contributed by atoms with Crippen molar-refractivity contribution in [3.63, 3.8) is 0 Å². The van der Waals surface area contributed by atoms with E-state index in [0.717, 1.165) is 30.6 Å². The molecule has 1 aromatic rings. The second-order valence-electron chi connectivity index (χ2n) is 7.92. The molecule has 0 radical (unpaired) electrons. The van der Waals surface area contributed by atoms with Gasteiger partial charge in [-0.15, -0.1) is 16.2 Å². The molecule has 0 N–H and O–H groups in total. The first-order valence-corrected chi connectivity index (χ1v) is 13.2. The van der Waals surface area contributed by atoms with Gasteiger partial charge in [-0.3, -0.25) is 0 Å². The summed E-state index contributed by atoms with van der Waals surface area (Å²) in [7, 11) is -2.10. The molecular weight excluding hydrogens is 428 g/mol. The molecular formula is C24H32N2O3S2. The molecule has 168 valence electrons. The fourth-order valence-corrected chi connectivity index (χ4v) is 6.74. The first-order chi connectivity index (χ1) is 14.8. The number of nitrogens with zero attached hydrogens (tertiary/aromatic N) is 2. The normalized spacial score (nSPS) is 20.3. The lowest BCUT2D eigenvalue weighted by molar-refractivity contribution is 0.415. The summed E-state index contributed by atoms with van der Waals surface area (Å²) in [5.74, 6) is 2.48. The molecule has 0 saturated carbocycles. The van der Waals surface area contributed by atoms with Crippen LogP contribution in [0.2, 0.25) is 0 Å². The highest BCUT2D eigenvalue weighted by molar-refractivity contribution is 8.19. The van der Waals surface area contributed by atoms with Crippen LogP contribution in [0.25, 0.3) is 5.57 Å². The third-order valence-corrected chi connectivity index (χ3v) is 8.95. The van der Waals surface area contributed by atoms with Crippen LogP contribution in [-0.4, -0.2) is 45.1 Å². The zero-order chi connectivity index (χ0) is 22.6. The van der Waals surface area contributed by atoms with Gasteiger partial charge in [0.2, 0.25) is 0 Å². The Hall–Kier alpha value is -1.99. The molecule has 0 spiro atoms. The topological polar surface area (TPSA) is 59.0 Å². The lowest BCUT2D eigenvalue weighted by Crippen LogP contribution is -2.30. The lowest BCUT2D eigenvalue weighted by atomic mass is 9.86. The van der Waals surface area contributed by atoms with Crippen LogP contribution in [0.1, 0.15) is 45.6 Å². The zero-order valence-corrected chi connectivity index (χ0v) is 20.5. The molecule has 5 nitrogen and oxygen atoms in total. The van der Waals surface area contributed by atoms with Crippen LogP contribution in [0.3, 0.4) is 0 Å². The third kappa shape index (κ3) is 5.26. The molecule has 1 aliphatic heterocycles. The molecule has 2 aliphatic rings. The summed E-state index contributed by atoms with van der Waals surface area (Å²) in [4.78, 5) is 2.00. The molecule has 1 aromatic carbocycles. The Labute approximate surface area is 191 Å². The van der Waals surface area contributed by atoms with E-state index in [2.05, 4.69) is 24.0 Å². The van der Waals surface area contributed by atoms with Crippen molar-refractivity contribution >= 4 is 33.2 Å². The molecule has 0 saturated heterocycles. The fourth-order valence-electron chi connectivity index (χ4n) is 3.94. The van der Waals surface area contributed by atoms with E-state index in [4.69, 9.17) is 4.74 Å². The van der Waals surface area contributed by atoms with Gasteiger partial charge >= 0.3 is 0 Å². The van der Waals surface area contributed by atoms with E-state index in [1.54, 1.807) is 7.11 Å². The van der Waals surface area contributed by atoms with Gasteiger partial charge in [-0.2, -0.15) is 8.42 Å². The lowest BCUT2D eigenvalue weighted by Gasteiger charge is -2.23. The van der Waals surface area contributed by atoms with Crippen molar-refractivity contribution in [3.8, 4) is 5.75 Å². The first-order valence-electron chi connectivity index (χ1n) is 10.8. The van der Waals surface area contributed by atoms with E-state index in [0.29, 0.717) is 40.4 Å². The number of likely N-dealkylation sites (N-methyl/N-ethyl adjacent to an activating group) is 1. The van der Waals surface area contributed by atoms with Crippen molar-refractivity contribution in [2.75, 3.05) is 26.0 Å². The average molecular weight is 461 g/mol. The van der Waals surface area contributed by atoms with Gasteiger partial charge in [-0.05, 0) is 63.6 Å². The number of hydrogen-bond donors (Lipinski definition) is 0. The van der Waals surface area contributed by atoms with Crippen molar-refractivity contribution < 1.29 is 13.2 Å². The number of hydrogen-bond acceptors (Lipinski definition) is 5. The molecule has 3 rings (SSSR count). The zero-order valence-electron chi connectivity index (χ0n) is 18.8. The first kappa shape index (κ1) is 23.7. The molecule has 0 fully saturated rings. The predicted molar refractivity (Wildman–Crippen MR) is 132 cm³/mol. The van der Waals surface area contributed by atoms with Crippen LogP contribution >= 0.6 is 11.8 Å². The van der Waals surface area contributed by atoms with Gasteiger partial charge in [0.15, 0.2) is 5.84 Å². The molecule has 31 heavy (non-hydrogen) atoms. The van der Waals surface area contributed by atoms with Crippen LogP contribution < -0.4 is 4.74 Å². The second-order valence-corrected chi connectivity index (χ2v) is 10.7. The van der Waals surface area contributed by atoms with Crippen molar-refractivity contribution in [3.05, 3.63) is 57.9 Å². The summed E-state index contributed by atoms with van der Waals surface area (Å²) in [5, 5.41) is 0. The predicted octanol–water partition coefficient (Wildman–Crippen LogP) is 5.48. The van der Waals surface area contributed by atoms with Crippen LogP contribution in [0.4, 0.5) is 0 Å². The number of thioether (sulfide) groups is 1. The van der Waals surface area contributed by atoms with Gasteiger partial charge < -0.3 is 9.64 Å². The van der Waals surface area contributed by atoms with E-state index < -0.39 is 10.0 Å². The molecule has 1 atom stereocenters. The third-order valence-electron chi connectivity index (χ3n) is 5.90. The maximum Gasteiger partial charge on any atom is 0.291 e. The summed E-state index contributed by atoms with van der Waals surface area (Å²) >= 11 is 1.39. The minimum absolute atomic E-state index is 0.350. The SMILES string of the molecule is C=C(C)C1CC=C(CSC2=C(c3ccc(OC)cc3)C(N(CC)CC)=NS2(=O)=O)CC1. The molecule has 1 aliphatic carbocycles. The average Bonchev–Trinajstić information content (AvgIpc) is 3.03. The minimum atomic E-state index is -3.72. The Morgan fingerprint density at radius 2 is 1.94 bits per heavy atom. The molecule has 0 bridgehead atoms. The Morgan fingerprint density at radius 1 is 1.26 bits per heavy atom. The van der Waals surface area contributed by atoms with Crippen molar-refractivity contribution in [2.24, 2.45) is 10.3 Å². The summed E-state index contributed by atoms with van der Waals surface area (Å²) in [5.41, 5.74) is 4.07. The fraction of sp³-hybridized carbons (Fsp3) is 0.458. The Morgan fingerprint density at radius 3 is 2.45 bits per heavy atom. The summed E-state index contributed by atoms with van der Waals surface area (Å²) < 4.78 is 36.0. The number of methoxy groups -OCH3 is 1. The van der Waals surface area contributed by atoms with Crippen LogP contribution in [0.15, 0.2) is 56.7 Å². The van der Waals surface area contributed by atoms with Crippen LogP contribution in [-0.2, 0) is 10.0 Å². The maximum atomic E-state index is 13.1. The van der Waals surface area contributed by atoms with Gasteiger partial charge in [0.1, 0.15) is 9.99 Å². The Kier molecular flexibility index (Phi) is 7.70. The number of rotatable bonds is 8. The summed E-state index contributed by atoms with van der Waals surface area (Å²) in [6, 6.07) is 7.53. The van der Waals surface area contributed by atoms with Gasteiger partial charge in [-0.1, -0.05) is 35.9 Å². The molecule has 0 aromatic heterocycles. The molecule has 0 amide bonds. The van der Waals surface area contributed by atoms with Gasteiger partial charge in [0.05, 0.1) is 12.7 Å². The Balaban J connectivity index is 1.95. The quantitative estimate of drug-likeness (QED) is 0.481. The van der Waals surface area contributed by atoms with Crippen molar-refractivity contribution in [1.29, 1.82) is 0 Å².